The van der Waals surface area contributed by atoms with Crippen LogP contribution in [-0.4, -0.2) is 11.1 Å². The van der Waals surface area contributed by atoms with Crippen LogP contribution in [0.5, 0.6) is 0 Å². The second-order valence-electron chi connectivity index (χ2n) is 6.72. The van der Waals surface area contributed by atoms with Crippen LogP contribution >= 0.6 is 0 Å². The van der Waals surface area contributed by atoms with Crippen molar-refractivity contribution < 1.29 is 4.42 Å². The quantitative estimate of drug-likeness (QED) is 0.500. The van der Waals surface area contributed by atoms with Gasteiger partial charge in [0, 0.05) is 16.5 Å². The number of fused-ring (bicyclic) bond motifs is 4. The Morgan fingerprint density at radius 2 is 1.80 bits per heavy atom. The summed E-state index contributed by atoms with van der Waals surface area (Å²) in [7, 11) is 0. The van der Waals surface area contributed by atoms with E-state index in [1.807, 2.05) is 13.0 Å². The van der Waals surface area contributed by atoms with Crippen molar-refractivity contribution in [1.82, 2.24) is 4.98 Å². The highest BCUT2D eigenvalue weighted by molar-refractivity contribution is 6.09. The van der Waals surface area contributed by atoms with Crippen molar-refractivity contribution in [2.75, 3.05) is 10.2 Å². The zero-order chi connectivity index (χ0) is 17.1. The van der Waals surface area contributed by atoms with Crippen molar-refractivity contribution in [1.29, 1.82) is 0 Å². The van der Waals surface area contributed by atoms with Crippen molar-refractivity contribution >= 4 is 39.1 Å². The highest BCUT2D eigenvalue weighted by atomic mass is 16.3. The summed E-state index contributed by atoms with van der Waals surface area (Å²) < 4.78 is 6.24. The first kappa shape index (κ1) is 14.3. The van der Waals surface area contributed by atoms with Crippen LogP contribution < -0.4 is 10.2 Å². The molecular weight excluding hydrogens is 310 g/mol. The van der Waals surface area contributed by atoms with Crippen LogP contribution in [-0.2, 0) is 0 Å². The minimum absolute atomic E-state index is 0.157. The molecule has 0 fully saturated rings. The van der Waals surface area contributed by atoms with Gasteiger partial charge in [-0.3, -0.25) is 0 Å². The molecule has 4 aromatic rings. The molecular formula is C21H19N3O. The summed E-state index contributed by atoms with van der Waals surface area (Å²) >= 11 is 0. The lowest BCUT2D eigenvalue weighted by atomic mass is 10.1. The van der Waals surface area contributed by atoms with Crippen LogP contribution in [0.15, 0.2) is 52.9 Å². The molecule has 124 valence electrons. The highest BCUT2D eigenvalue weighted by Crippen LogP contribution is 2.45. The number of benzene rings is 2. The van der Waals surface area contributed by atoms with Crippen molar-refractivity contribution in [2.45, 2.75) is 26.9 Å². The number of aromatic nitrogens is 1. The van der Waals surface area contributed by atoms with Crippen LogP contribution in [0, 0.1) is 13.8 Å². The summed E-state index contributed by atoms with van der Waals surface area (Å²) in [6.45, 7) is 6.29. The molecule has 1 N–H and O–H groups in total. The van der Waals surface area contributed by atoms with Gasteiger partial charge in [0.1, 0.15) is 6.17 Å². The molecule has 0 saturated carbocycles. The zero-order valence-electron chi connectivity index (χ0n) is 14.5. The molecule has 4 nitrogen and oxygen atoms in total. The molecule has 1 aliphatic heterocycles. The van der Waals surface area contributed by atoms with E-state index in [0.29, 0.717) is 5.71 Å². The molecule has 3 heterocycles. The van der Waals surface area contributed by atoms with Gasteiger partial charge in [-0.05, 0) is 50.6 Å². The number of pyridine rings is 1. The lowest BCUT2D eigenvalue weighted by molar-refractivity contribution is 0.650. The van der Waals surface area contributed by atoms with Gasteiger partial charge in [0.05, 0.1) is 17.1 Å². The molecule has 0 radical (unpaired) electrons. The van der Waals surface area contributed by atoms with Crippen LogP contribution in [0.25, 0.3) is 22.1 Å². The summed E-state index contributed by atoms with van der Waals surface area (Å²) in [5.74, 6) is 0. The summed E-state index contributed by atoms with van der Waals surface area (Å²) in [4.78, 5) is 6.89. The van der Waals surface area contributed by atoms with E-state index >= 15 is 0 Å². The third kappa shape index (κ3) is 1.97. The van der Waals surface area contributed by atoms with Crippen LogP contribution in [0.3, 0.4) is 0 Å². The van der Waals surface area contributed by atoms with Crippen LogP contribution in [0.2, 0.25) is 0 Å². The molecule has 0 amide bonds. The second-order valence-corrected chi connectivity index (χ2v) is 6.72. The summed E-state index contributed by atoms with van der Waals surface area (Å²) in [6.07, 6.45) is 0.157. The van der Waals surface area contributed by atoms with E-state index in [1.54, 1.807) is 0 Å². The Labute approximate surface area is 146 Å². The number of nitrogens with one attached hydrogen (secondary N) is 1. The van der Waals surface area contributed by atoms with Crippen LogP contribution in [0.1, 0.15) is 18.2 Å². The number of furan rings is 1. The highest BCUT2D eigenvalue weighted by Gasteiger charge is 2.30. The third-order valence-electron chi connectivity index (χ3n) is 4.98. The average Bonchev–Trinajstić information content (AvgIpc) is 3.11. The number of nitrogens with zero attached hydrogens (tertiary/aromatic N) is 2. The number of hydrogen-bond donors (Lipinski definition) is 1. The normalized spacial score (nSPS) is 16.4. The van der Waals surface area contributed by atoms with Crippen LogP contribution in [0.4, 0.5) is 17.1 Å². The molecule has 4 heteroatoms. The maximum Gasteiger partial charge on any atom is 0.227 e. The molecule has 2 aromatic carbocycles. The Balaban J connectivity index is 1.84. The summed E-state index contributed by atoms with van der Waals surface area (Å²) in [6, 6.07) is 16.8. The SMILES string of the molecule is Cc1ccc2c(n1)oc1c(N3c4ccccc4N[C@@H]3C)c(C)ccc12. The average molecular weight is 329 g/mol. The van der Waals surface area contributed by atoms with Gasteiger partial charge < -0.3 is 14.6 Å². The molecule has 5 rings (SSSR count). The number of hydrogen-bond acceptors (Lipinski definition) is 4. The first-order valence-corrected chi connectivity index (χ1v) is 8.58. The monoisotopic (exact) mass is 329 g/mol. The first-order valence-electron chi connectivity index (χ1n) is 8.58. The Morgan fingerprint density at radius 3 is 2.68 bits per heavy atom. The maximum absolute atomic E-state index is 6.24. The van der Waals surface area contributed by atoms with Crippen molar-refractivity contribution in [3.8, 4) is 0 Å². The first-order chi connectivity index (χ1) is 12.1. The number of aryl methyl sites for hydroxylation is 2. The van der Waals surface area contributed by atoms with Gasteiger partial charge >= 0.3 is 0 Å². The minimum Gasteiger partial charge on any atom is -0.435 e. The van der Waals surface area contributed by atoms with E-state index in [0.717, 1.165) is 33.4 Å². The zero-order valence-corrected chi connectivity index (χ0v) is 14.5. The van der Waals surface area contributed by atoms with Gasteiger partial charge in [0.2, 0.25) is 5.71 Å². The number of anilines is 3. The number of rotatable bonds is 1. The van der Waals surface area contributed by atoms with Gasteiger partial charge in [0.25, 0.3) is 0 Å². The Kier molecular flexibility index (Phi) is 2.86. The lowest BCUT2D eigenvalue weighted by Crippen LogP contribution is -2.28. The van der Waals surface area contributed by atoms with E-state index in [1.165, 1.54) is 11.3 Å². The molecule has 1 aliphatic rings. The van der Waals surface area contributed by atoms with Crippen molar-refractivity contribution in [2.24, 2.45) is 0 Å². The van der Waals surface area contributed by atoms with Gasteiger partial charge in [-0.15, -0.1) is 0 Å². The van der Waals surface area contributed by atoms with Gasteiger partial charge in [-0.2, -0.15) is 0 Å². The Hall–Kier alpha value is -3.01. The molecule has 2 aromatic heterocycles. The topological polar surface area (TPSA) is 41.3 Å². The van der Waals surface area contributed by atoms with Crippen molar-refractivity contribution in [3.05, 3.63) is 59.8 Å². The Morgan fingerprint density at radius 1 is 1.00 bits per heavy atom. The van der Waals surface area contributed by atoms with E-state index in [9.17, 15) is 0 Å². The maximum atomic E-state index is 6.24. The molecule has 0 aliphatic carbocycles. The fraction of sp³-hybridized carbons (Fsp3) is 0.190. The fourth-order valence-electron chi connectivity index (χ4n) is 3.81. The molecule has 0 spiro atoms. The molecule has 0 saturated heterocycles. The minimum atomic E-state index is 0.157. The third-order valence-corrected chi connectivity index (χ3v) is 4.98. The number of para-hydroxylation sites is 2. The smallest absolute Gasteiger partial charge is 0.227 e. The summed E-state index contributed by atoms with van der Waals surface area (Å²) in [5.41, 5.74) is 7.19. The van der Waals surface area contributed by atoms with Gasteiger partial charge in [-0.25, -0.2) is 4.98 Å². The van der Waals surface area contributed by atoms with Gasteiger partial charge in [0.15, 0.2) is 5.58 Å². The predicted octanol–water partition coefficient (Wildman–Crippen LogP) is 5.51. The lowest BCUT2D eigenvalue weighted by Gasteiger charge is -2.25. The summed E-state index contributed by atoms with van der Waals surface area (Å²) in [5, 5.41) is 5.72. The van der Waals surface area contributed by atoms with Gasteiger partial charge in [-0.1, -0.05) is 24.3 Å². The predicted molar refractivity (Wildman–Crippen MR) is 103 cm³/mol. The largest absolute Gasteiger partial charge is 0.435 e. The Bertz CT molecular complexity index is 1130. The molecule has 0 bridgehead atoms. The van der Waals surface area contributed by atoms with Crippen molar-refractivity contribution in [3.63, 3.8) is 0 Å². The molecule has 0 unspecified atom stereocenters. The fourth-order valence-corrected chi connectivity index (χ4v) is 3.81. The van der Waals surface area contributed by atoms with E-state index < -0.39 is 0 Å². The van der Waals surface area contributed by atoms with E-state index in [-0.39, 0.29) is 6.17 Å². The van der Waals surface area contributed by atoms with E-state index in [2.05, 4.69) is 71.5 Å². The van der Waals surface area contributed by atoms with E-state index in [4.69, 9.17) is 4.42 Å². The molecule has 1 atom stereocenters. The second kappa shape index (κ2) is 4.99. The standard InChI is InChI=1S/C21H19N3O/c1-12-8-10-15-16-11-9-13(2)22-21(16)25-20(15)19(12)24-14(3)23-17-6-4-5-7-18(17)24/h4-11,14,23H,1-3H3/t14-/m0/s1. The molecule has 25 heavy (non-hydrogen) atoms.